The van der Waals surface area contributed by atoms with Crippen LogP contribution in [-0.2, 0) is 36.7 Å². The maximum Gasteiger partial charge on any atom is 2.00 e. The third-order valence-electron chi connectivity index (χ3n) is 1.50. The molecule has 17 heavy (non-hydrogen) atoms. The summed E-state index contributed by atoms with van der Waals surface area (Å²) >= 11 is 0. The Morgan fingerprint density at radius 2 is 0.706 bits per heavy atom. The van der Waals surface area contributed by atoms with E-state index >= 15 is 0 Å². The second kappa shape index (κ2) is 6.47. The average molecular weight is 333 g/mol. The summed E-state index contributed by atoms with van der Waals surface area (Å²) in [5.41, 5.74) is 0. The molecule has 0 bridgehead atoms. The standard InChI is InChI=1S/2C4H10O3S.Ni/c2*1-4(2,3)8(5,6)7;/h2*1-3H3,(H,5,6,7);/q;;+2/p-2. The Bertz CT molecular complexity index is 368. The SMILES string of the molecule is CC(C)(C)S(=O)(=O)[O-].CC(C)(C)S(=O)(=O)[O-].[Ni+2]. The number of rotatable bonds is 0. The minimum atomic E-state index is -4.09. The molecule has 0 fully saturated rings. The normalized spacial score (nSPS) is 13.2. The van der Waals surface area contributed by atoms with Crippen molar-refractivity contribution in [2.24, 2.45) is 0 Å². The molecular weight excluding hydrogens is 315 g/mol. The topological polar surface area (TPSA) is 114 Å². The number of hydrogen-bond acceptors (Lipinski definition) is 6. The zero-order valence-corrected chi connectivity index (χ0v) is 13.2. The Labute approximate surface area is 114 Å². The minimum absolute atomic E-state index is 0. The van der Waals surface area contributed by atoms with E-state index in [-0.39, 0.29) is 16.5 Å². The summed E-state index contributed by atoms with van der Waals surface area (Å²) in [5.74, 6) is 0. The molecule has 0 unspecified atom stereocenters. The minimum Gasteiger partial charge on any atom is -0.748 e. The van der Waals surface area contributed by atoms with Crippen molar-refractivity contribution in [1.29, 1.82) is 0 Å². The second-order valence-corrected chi connectivity index (χ2v) is 9.40. The van der Waals surface area contributed by atoms with Crippen molar-refractivity contribution in [1.82, 2.24) is 0 Å². The molecule has 0 aromatic rings. The van der Waals surface area contributed by atoms with Gasteiger partial charge in [0.2, 0.25) is 0 Å². The predicted octanol–water partition coefficient (Wildman–Crippen LogP) is 0.658. The summed E-state index contributed by atoms with van der Waals surface area (Å²) in [6, 6.07) is 0. The van der Waals surface area contributed by atoms with E-state index in [9.17, 15) is 25.9 Å². The van der Waals surface area contributed by atoms with Crippen molar-refractivity contribution in [3.63, 3.8) is 0 Å². The smallest absolute Gasteiger partial charge is 0.748 e. The fourth-order valence-corrected chi connectivity index (χ4v) is 0. The van der Waals surface area contributed by atoms with E-state index in [1.54, 1.807) is 0 Å². The molecule has 0 aliphatic rings. The Morgan fingerprint density at radius 1 is 0.647 bits per heavy atom. The summed E-state index contributed by atoms with van der Waals surface area (Å²) in [6.07, 6.45) is 0. The fraction of sp³-hybridized carbons (Fsp3) is 1.00. The summed E-state index contributed by atoms with van der Waals surface area (Å²) in [6.45, 7) is 8.22. The molecule has 0 saturated heterocycles. The van der Waals surface area contributed by atoms with E-state index in [0.29, 0.717) is 0 Å². The molecule has 0 spiro atoms. The predicted molar refractivity (Wildman–Crippen MR) is 58.9 cm³/mol. The maximum absolute atomic E-state index is 10.1. The molecule has 0 saturated carbocycles. The van der Waals surface area contributed by atoms with E-state index in [0.717, 1.165) is 0 Å². The molecule has 0 aliphatic carbocycles. The third-order valence-corrected chi connectivity index (χ3v) is 4.50. The molecular formula is C8H18NiO6S2. The van der Waals surface area contributed by atoms with Crippen LogP contribution in [0, 0.1) is 0 Å². The molecule has 0 atom stereocenters. The maximum atomic E-state index is 10.1. The van der Waals surface area contributed by atoms with Gasteiger partial charge in [0.15, 0.2) is 0 Å². The third kappa shape index (κ3) is 9.97. The van der Waals surface area contributed by atoms with Crippen LogP contribution >= 0.6 is 0 Å². The van der Waals surface area contributed by atoms with Crippen molar-refractivity contribution in [2.45, 2.75) is 51.0 Å². The summed E-state index contributed by atoms with van der Waals surface area (Å²) in [7, 11) is -8.18. The zero-order chi connectivity index (χ0) is 14.0. The van der Waals surface area contributed by atoms with Gasteiger partial charge in [-0.2, -0.15) is 0 Å². The van der Waals surface area contributed by atoms with E-state index in [1.807, 2.05) is 0 Å². The molecule has 0 amide bonds. The van der Waals surface area contributed by atoms with E-state index in [2.05, 4.69) is 0 Å². The van der Waals surface area contributed by atoms with Crippen LogP contribution in [0.4, 0.5) is 0 Å². The van der Waals surface area contributed by atoms with Gasteiger partial charge in [0.1, 0.15) is 0 Å². The molecule has 9 heteroatoms. The van der Waals surface area contributed by atoms with Crippen LogP contribution in [0.3, 0.4) is 0 Å². The van der Waals surface area contributed by atoms with Crippen molar-refractivity contribution >= 4 is 20.2 Å². The first-order valence-electron chi connectivity index (χ1n) is 4.41. The van der Waals surface area contributed by atoms with Gasteiger partial charge in [-0.05, 0) is 41.5 Å². The van der Waals surface area contributed by atoms with Gasteiger partial charge in [-0.3, -0.25) is 0 Å². The molecule has 0 radical (unpaired) electrons. The molecule has 6 nitrogen and oxygen atoms in total. The summed E-state index contributed by atoms with van der Waals surface area (Å²) in [4.78, 5) is 0. The van der Waals surface area contributed by atoms with Crippen LogP contribution in [0.2, 0.25) is 0 Å². The van der Waals surface area contributed by atoms with Gasteiger partial charge in [0, 0.05) is 0 Å². The largest absolute Gasteiger partial charge is 2.00 e. The van der Waals surface area contributed by atoms with Crippen LogP contribution in [-0.4, -0.2) is 35.4 Å². The first-order valence-corrected chi connectivity index (χ1v) is 7.22. The van der Waals surface area contributed by atoms with Gasteiger partial charge in [-0.15, -0.1) is 0 Å². The summed E-state index contributed by atoms with van der Waals surface area (Å²) in [5, 5.41) is 0. The summed E-state index contributed by atoms with van der Waals surface area (Å²) < 4.78 is 58.3. The van der Waals surface area contributed by atoms with E-state index in [1.165, 1.54) is 41.5 Å². The van der Waals surface area contributed by atoms with E-state index < -0.39 is 29.7 Å². The Kier molecular flexibility index (Phi) is 8.56. The van der Waals surface area contributed by atoms with Crippen molar-refractivity contribution in [3.8, 4) is 0 Å². The molecule has 0 heterocycles. The first-order chi connectivity index (χ1) is 6.50. The van der Waals surface area contributed by atoms with E-state index in [4.69, 9.17) is 0 Å². The average Bonchev–Trinajstić information content (AvgIpc) is 1.77. The zero-order valence-electron chi connectivity index (χ0n) is 10.6. The van der Waals surface area contributed by atoms with Gasteiger partial charge in [0.05, 0.1) is 29.7 Å². The van der Waals surface area contributed by atoms with Gasteiger partial charge in [-0.25, -0.2) is 16.8 Å². The first kappa shape index (κ1) is 22.5. The number of hydrogen-bond donors (Lipinski definition) is 0. The van der Waals surface area contributed by atoms with Crippen molar-refractivity contribution in [2.75, 3.05) is 0 Å². The molecule has 0 aromatic carbocycles. The van der Waals surface area contributed by atoms with Gasteiger partial charge >= 0.3 is 16.5 Å². The van der Waals surface area contributed by atoms with Crippen LogP contribution < -0.4 is 0 Å². The fourth-order valence-electron chi connectivity index (χ4n) is 0. The molecule has 0 N–H and O–H groups in total. The van der Waals surface area contributed by atoms with Crippen molar-refractivity contribution in [3.05, 3.63) is 0 Å². The van der Waals surface area contributed by atoms with Crippen molar-refractivity contribution < 1.29 is 42.4 Å². The van der Waals surface area contributed by atoms with Crippen LogP contribution in [0.25, 0.3) is 0 Å². The van der Waals surface area contributed by atoms with Crippen LogP contribution in [0.1, 0.15) is 41.5 Å². The van der Waals surface area contributed by atoms with Crippen LogP contribution in [0.5, 0.6) is 0 Å². The molecule has 0 aliphatic heterocycles. The molecule has 0 aromatic heterocycles. The Morgan fingerprint density at radius 3 is 0.706 bits per heavy atom. The second-order valence-electron chi connectivity index (χ2n) is 5.13. The van der Waals surface area contributed by atoms with Gasteiger partial charge < -0.3 is 9.11 Å². The monoisotopic (exact) mass is 332 g/mol. The van der Waals surface area contributed by atoms with Crippen LogP contribution in [0.15, 0.2) is 0 Å². The Hall–Kier alpha value is 0.314. The molecule has 0 rings (SSSR count). The molecule has 108 valence electrons. The van der Waals surface area contributed by atoms with Gasteiger partial charge in [-0.1, -0.05) is 0 Å². The quantitative estimate of drug-likeness (QED) is 0.475. The van der Waals surface area contributed by atoms with Gasteiger partial charge in [0.25, 0.3) is 0 Å². The Balaban J connectivity index is -0.000000218.